The van der Waals surface area contributed by atoms with Crippen LogP contribution in [-0.2, 0) is 0 Å². The Morgan fingerprint density at radius 2 is 1.85 bits per heavy atom. The van der Waals surface area contributed by atoms with E-state index in [0.29, 0.717) is 0 Å². The zero-order chi connectivity index (χ0) is 10.1. The average Bonchev–Trinajstić information content (AvgIpc) is 2.28. The molecule has 1 aliphatic rings. The standard InChI is InChI=1S/C12H22O/c1-5-7-10(13)12(4)9-6-8-11(12,2)3/h5,7,10,13H,6,8-9H2,1-4H3/b7-5+. The van der Waals surface area contributed by atoms with Crippen LogP contribution in [0.15, 0.2) is 12.2 Å². The van der Waals surface area contributed by atoms with Crippen LogP contribution in [0.3, 0.4) is 0 Å². The van der Waals surface area contributed by atoms with E-state index in [4.69, 9.17) is 0 Å². The maximum atomic E-state index is 10.1. The molecule has 13 heavy (non-hydrogen) atoms. The maximum Gasteiger partial charge on any atom is 0.0779 e. The summed E-state index contributed by atoms with van der Waals surface area (Å²) in [7, 11) is 0. The van der Waals surface area contributed by atoms with Gasteiger partial charge in [0.2, 0.25) is 0 Å². The summed E-state index contributed by atoms with van der Waals surface area (Å²) in [5.41, 5.74) is 0.339. The smallest absolute Gasteiger partial charge is 0.0779 e. The van der Waals surface area contributed by atoms with Crippen LogP contribution in [0, 0.1) is 10.8 Å². The Morgan fingerprint density at radius 3 is 2.23 bits per heavy atom. The predicted octanol–water partition coefficient (Wildman–Crippen LogP) is 3.14. The summed E-state index contributed by atoms with van der Waals surface area (Å²) >= 11 is 0. The van der Waals surface area contributed by atoms with Gasteiger partial charge >= 0.3 is 0 Å². The molecule has 2 unspecified atom stereocenters. The van der Waals surface area contributed by atoms with Gasteiger partial charge in [0.1, 0.15) is 0 Å². The van der Waals surface area contributed by atoms with Gasteiger partial charge in [-0.2, -0.15) is 0 Å². The van der Waals surface area contributed by atoms with Crippen LogP contribution in [-0.4, -0.2) is 11.2 Å². The molecular weight excluding hydrogens is 160 g/mol. The fourth-order valence-corrected chi connectivity index (χ4v) is 2.46. The molecule has 0 bridgehead atoms. The third-order valence-corrected chi connectivity index (χ3v) is 4.07. The van der Waals surface area contributed by atoms with Gasteiger partial charge in [-0.1, -0.05) is 39.3 Å². The fraction of sp³-hybridized carbons (Fsp3) is 0.833. The van der Waals surface area contributed by atoms with Gasteiger partial charge in [0.15, 0.2) is 0 Å². The molecule has 0 amide bonds. The van der Waals surface area contributed by atoms with E-state index in [1.165, 1.54) is 12.8 Å². The maximum absolute atomic E-state index is 10.1. The minimum absolute atomic E-state index is 0.0690. The van der Waals surface area contributed by atoms with Gasteiger partial charge in [0, 0.05) is 5.41 Å². The van der Waals surface area contributed by atoms with E-state index in [1.54, 1.807) is 0 Å². The largest absolute Gasteiger partial charge is 0.388 e. The molecule has 0 radical (unpaired) electrons. The van der Waals surface area contributed by atoms with E-state index in [9.17, 15) is 5.11 Å². The van der Waals surface area contributed by atoms with E-state index < -0.39 is 0 Å². The normalized spacial score (nSPS) is 35.5. The van der Waals surface area contributed by atoms with Crippen LogP contribution in [0.4, 0.5) is 0 Å². The molecule has 0 aliphatic heterocycles. The van der Waals surface area contributed by atoms with Crippen molar-refractivity contribution in [2.24, 2.45) is 10.8 Å². The molecule has 0 heterocycles. The van der Waals surface area contributed by atoms with Crippen molar-refractivity contribution in [3.63, 3.8) is 0 Å². The number of aliphatic hydroxyl groups excluding tert-OH is 1. The Bertz CT molecular complexity index is 205. The highest BCUT2D eigenvalue weighted by Gasteiger charge is 2.48. The van der Waals surface area contributed by atoms with Crippen molar-refractivity contribution in [3.05, 3.63) is 12.2 Å². The summed E-state index contributed by atoms with van der Waals surface area (Å²) in [5, 5.41) is 10.1. The van der Waals surface area contributed by atoms with Crippen molar-refractivity contribution in [2.45, 2.75) is 53.1 Å². The zero-order valence-corrected chi connectivity index (χ0v) is 9.30. The van der Waals surface area contributed by atoms with Gasteiger partial charge in [0.25, 0.3) is 0 Å². The van der Waals surface area contributed by atoms with Crippen LogP contribution in [0.5, 0.6) is 0 Å². The molecule has 76 valence electrons. The first-order valence-electron chi connectivity index (χ1n) is 5.25. The van der Waals surface area contributed by atoms with Crippen molar-refractivity contribution in [3.8, 4) is 0 Å². The lowest BCUT2D eigenvalue weighted by molar-refractivity contribution is 0.00119. The zero-order valence-electron chi connectivity index (χ0n) is 9.30. The van der Waals surface area contributed by atoms with Gasteiger partial charge in [-0.25, -0.2) is 0 Å². The monoisotopic (exact) mass is 182 g/mol. The second kappa shape index (κ2) is 3.45. The molecule has 1 fully saturated rings. The third-order valence-electron chi connectivity index (χ3n) is 4.07. The lowest BCUT2D eigenvalue weighted by Gasteiger charge is -2.41. The Balaban J connectivity index is 2.86. The minimum atomic E-state index is -0.282. The van der Waals surface area contributed by atoms with E-state index >= 15 is 0 Å². The molecule has 2 atom stereocenters. The molecule has 1 rings (SSSR count). The molecule has 1 saturated carbocycles. The van der Waals surface area contributed by atoms with Crippen LogP contribution in [0.25, 0.3) is 0 Å². The summed E-state index contributed by atoms with van der Waals surface area (Å²) in [6.07, 6.45) is 7.22. The minimum Gasteiger partial charge on any atom is -0.388 e. The fourth-order valence-electron chi connectivity index (χ4n) is 2.46. The molecule has 0 aromatic rings. The Labute approximate surface area is 81.9 Å². The highest BCUT2D eigenvalue weighted by Crippen LogP contribution is 2.54. The van der Waals surface area contributed by atoms with Gasteiger partial charge in [-0.05, 0) is 25.2 Å². The molecule has 1 heteroatoms. The van der Waals surface area contributed by atoms with Crippen LogP contribution >= 0.6 is 0 Å². The second-order valence-corrected chi connectivity index (χ2v) is 5.13. The summed E-state index contributed by atoms with van der Waals surface area (Å²) in [6.45, 7) is 8.72. The average molecular weight is 182 g/mol. The highest BCUT2D eigenvalue weighted by atomic mass is 16.3. The van der Waals surface area contributed by atoms with E-state index in [-0.39, 0.29) is 16.9 Å². The molecule has 0 aromatic carbocycles. The van der Waals surface area contributed by atoms with Gasteiger partial charge in [-0.3, -0.25) is 0 Å². The van der Waals surface area contributed by atoms with Crippen molar-refractivity contribution in [1.29, 1.82) is 0 Å². The predicted molar refractivity (Wildman–Crippen MR) is 56.6 cm³/mol. The number of aliphatic hydroxyl groups is 1. The van der Waals surface area contributed by atoms with Crippen molar-refractivity contribution in [2.75, 3.05) is 0 Å². The molecule has 1 N–H and O–H groups in total. The highest BCUT2D eigenvalue weighted by molar-refractivity contribution is 5.05. The number of hydrogen-bond acceptors (Lipinski definition) is 1. The molecule has 1 aliphatic carbocycles. The van der Waals surface area contributed by atoms with Gasteiger partial charge in [-0.15, -0.1) is 0 Å². The first-order chi connectivity index (χ1) is 5.94. The van der Waals surface area contributed by atoms with E-state index in [2.05, 4.69) is 20.8 Å². The van der Waals surface area contributed by atoms with Crippen molar-refractivity contribution in [1.82, 2.24) is 0 Å². The Hall–Kier alpha value is -0.300. The first-order valence-corrected chi connectivity index (χ1v) is 5.25. The molecule has 0 spiro atoms. The summed E-state index contributed by atoms with van der Waals surface area (Å²) in [5.74, 6) is 0. The van der Waals surface area contributed by atoms with Crippen LogP contribution < -0.4 is 0 Å². The van der Waals surface area contributed by atoms with Crippen molar-refractivity contribution < 1.29 is 5.11 Å². The number of hydrogen-bond donors (Lipinski definition) is 1. The van der Waals surface area contributed by atoms with Crippen LogP contribution in [0.1, 0.15) is 47.0 Å². The summed E-state index contributed by atoms with van der Waals surface area (Å²) < 4.78 is 0. The van der Waals surface area contributed by atoms with E-state index in [0.717, 1.165) is 6.42 Å². The number of allylic oxidation sites excluding steroid dienone is 1. The lowest BCUT2D eigenvalue weighted by Crippen LogP contribution is -2.39. The molecular formula is C12H22O. The topological polar surface area (TPSA) is 20.2 Å². The van der Waals surface area contributed by atoms with Gasteiger partial charge < -0.3 is 5.11 Å². The molecule has 0 saturated heterocycles. The Kier molecular flexibility index (Phi) is 2.86. The molecule has 1 nitrogen and oxygen atoms in total. The molecule has 0 aromatic heterocycles. The number of rotatable bonds is 2. The second-order valence-electron chi connectivity index (χ2n) is 5.13. The Morgan fingerprint density at radius 1 is 1.23 bits per heavy atom. The summed E-state index contributed by atoms with van der Waals surface area (Å²) in [6, 6.07) is 0. The first kappa shape index (κ1) is 10.8. The summed E-state index contributed by atoms with van der Waals surface area (Å²) in [4.78, 5) is 0. The SMILES string of the molecule is C/C=C/C(O)C1(C)CCCC1(C)C. The van der Waals surface area contributed by atoms with E-state index in [1.807, 2.05) is 19.1 Å². The lowest BCUT2D eigenvalue weighted by atomic mass is 9.66. The van der Waals surface area contributed by atoms with Crippen molar-refractivity contribution >= 4 is 0 Å². The third kappa shape index (κ3) is 1.67. The van der Waals surface area contributed by atoms with Gasteiger partial charge in [0.05, 0.1) is 6.10 Å². The quantitative estimate of drug-likeness (QED) is 0.650. The van der Waals surface area contributed by atoms with Crippen LogP contribution in [0.2, 0.25) is 0 Å².